The van der Waals surface area contributed by atoms with Crippen LogP contribution >= 0.6 is 0 Å². The van der Waals surface area contributed by atoms with Gasteiger partial charge in [-0.05, 0) is 97.6 Å². The predicted octanol–water partition coefficient (Wildman–Crippen LogP) is 9.19. The van der Waals surface area contributed by atoms with Crippen molar-refractivity contribution in [3.63, 3.8) is 0 Å². The molecule has 0 unspecified atom stereocenters. The Balaban J connectivity index is 1.56. The fourth-order valence-electron chi connectivity index (χ4n) is 5.26. The summed E-state index contributed by atoms with van der Waals surface area (Å²) in [6.07, 6.45) is 12.4. The average Bonchev–Trinajstić information content (AvgIpc) is 2.88. The summed E-state index contributed by atoms with van der Waals surface area (Å²) in [6, 6.07) is 26.8. The van der Waals surface area contributed by atoms with Gasteiger partial charge in [-0.3, -0.25) is 0 Å². The molecule has 1 fully saturated rings. The van der Waals surface area contributed by atoms with Gasteiger partial charge in [0.25, 0.3) is 0 Å². The molecular formula is C32H38O. The Bertz CT molecular complexity index is 1010. The maximum absolute atomic E-state index is 5.74. The molecule has 0 radical (unpaired) electrons. The van der Waals surface area contributed by atoms with E-state index in [1.54, 1.807) is 0 Å². The molecule has 0 aromatic heterocycles. The Hall–Kier alpha value is -2.64. The van der Waals surface area contributed by atoms with Crippen molar-refractivity contribution >= 4 is 0 Å². The summed E-state index contributed by atoms with van der Waals surface area (Å²) < 4.78 is 5.74. The molecule has 0 atom stereocenters. The maximum atomic E-state index is 5.74. The Morgan fingerprint density at radius 1 is 0.818 bits per heavy atom. The minimum absolute atomic E-state index is 0.647. The van der Waals surface area contributed by atoms with E-state index in [9.17, 15) is 0 Å². The van der Waals surface area contributed by atoms with E-state index in [1.807, 2.05) is 0 Å². The predicted molar refractivity (Wildman–Crippen MR) is 141 cm³/mol. The largest absolute Gasteiger partial charge is 0.377 e. The van der Waals surface area contributed by atoms with Gasteiger partial charge in [0.05, 0.1) is 6.61 Å². The SMILES string of the molecule is C/C=C/CCC1CCC(c2cc(COCC)ccc2-c2ccc(-c3ccccc3)cc2)CC1. The molecule has 172 valence electrons. The molecule has 4 rings (SSSR count). The van der Waals surface area contributed by atoms with Crippen LogP contribution in [0.4, 0.5) is 0 Å². The molecule has 0 spiro atoms. The fourth-order valence-corrected chi connectivity index (χ4v) is 5.26. The van der Waals surface area contributed by atoms with Gasteiger partial charge in [-0.1, -0.05) is 84.9 Å². The first-order valence-electron chi connectivity index (χ1n) is 12.8. The molecule has 0 saturated heterocycles. The van der Waals surface area contributed by atoms with Crippen molar-refractivity contribution in [2.45, 2.75) is 64.9 Å². The van der Waals surface area contributed by atoms with E-state index in [2.05, 4.69) is 98.8 Å². The minimum atomic E-state index is 0.647. The molecular weight excluding hydrogens is 400 g/mol. The molecule has 0 N–H and O–H groups in total. The van der Waals surface area contributed by atoms with E-state index in [0.29, 0.717) is 12.5 Å². The molecule has 1 aliphatic rings. The number of allylic oxidation sites excluding steroid dienone is 2. The van der Waals surface area contributed by atoms with Crippen molar-refractivity contribution in [3.8, 4) is 22.3 Å². The third-order valence-corrected chi connectivity index (χ3v) is 7.16. The number of benzene rings is 3. The van der Waals surface area contributed by atoms with Gasteiger partial charge in [-0.15, -0.1) is 0 Å². The second-order valence-corrected chi connectivity index (χ2v) is 9.37. The zero-order valence-electron chi connectivity index (χ0n) is 20.3. The molecule has 0 heterocycles. The Morgan fingerprint density at radius 3 is 2.21 bits per heavy atom. The summed E-state index contributed by atoms with van der Waals surface area (Å²) in [6.45, 7) is 5.66. The van der Waals surface area contributed by atoms with Crippen molar-refractivity contribution < 1.29 is 4.74 Å². The highest BCUT2D eigenvalue weighted by Gasteiger charge is 2.24. The van der Waals surface area contributed by atoms with Crippen LogP contribution in [0.1, 0.15) is 69.4 Å². The quantitative estimate of drug-likeness (QED) is 0.303. The zero-order chi connectivity index (χ0) is 22.9. The van der Waals surface area contributed by atoms with Crippen LogP contribution in [0, 0.1) is 5.92 Å². The zero-order valence-corrected chi connectivity index (χ0v) is 20.3. The summed E-state index contributed by atoms with van der Waals surface area (Å²) in [5.41, 5.74) is 8.08. The van der Waals surface area contributed by atoms with Crippen molar-refractivity contribution in [1.29, 1.82) is 0 Å². The number of hydrogen-bond acceptors (Lipinski definition) is 1. The van der Waals surface area contributed by atoms with Gasteiger partial charge in [-0.25, -0.2) is 0 Å². The molecule has 1 aliphatic carbocycles. The smallest absolute Gasteiger partial charge is 0.0716 e. The van der Waals surface area contributed by atoms with Crippen molar-refractivity contribution in [2.75, 3.05) is 6.61 Å². The lowest BCUT2D eigenvalue weighted by Gasteiger charge is -2.30. The second-order valence-electron chi connectivity index (χ2n) is 9.37. The van der Waals surface area contributed by atoms with Gasteiger partial charge in [-0.2, -0.15) is 0 Å². The van der Waals surface area contributed by atoms with Crippen LogP contribution in [0.15, 0.2) is 84.9 Å². The monoisotopic (exact) mass is 438 g/mol. The van der Waals surface area contributed by atoms with Crippen LogP contribution in [0.2, 0.25) is 0 Å². The Kier molecular flexibility index (Phi) is 8.55. The van der Waals surface area contributed by atoms with Crippen molar-refractivity contribution in [1.82, 2.24) is 0 Å². The topological polar surface area (TPSA) is 9.23 Å². The summed E-state index contributed by atoms with van der Waals surface area (Å²) in [7, 11) is 0. The highest BCUT2D eigenvalue weighted by Crippen LogP contribution is 2.42. The molecule has 1 nitrogen and oxygen atoms in total. The van der Waals surface area contributed by atoms with Crippen molar-refractivity contribution in [3.05, 3.63) is 96.1 Å². The van der Waals surface area contributed by atoms with E-state index >= 15 is 0 Å². The molecule has 0 amide bonds. The van der Waals surface area contributed by atoms with Crippen LogP contribution in [0.5, 0.6) is 0 Å². The molecule has 33 heavy (non-hydrogen) atoms. The molecule has 0 bridgehead atoms. The first kappa shape index (κ1) is 23.5. The minimum Gasteiger partial charge on any atom is -0.377 e. The van der Waals surface area contributed by atoms with E-state index in [4.69, 9.17) is 4.74 Å². The summed E-state index contributed by atoms with van der Waals surface area (Å²) in [4.78, 5) is 0. The summed E-state index contributed by atoms with van der Waals surface area (Å²) in [5.74, 6) is 1.53. The van der Waals surface area contributed by atoms with Crippen LogP contribution in [-0.4, -0.2) is 6.61 Å². The van der Waals surface area contributed by atoms with Crippen LogP contribution in [0.25, 0.3) is 22.3 Å². The van der Waals surface area contributed by atoms with E-state index in [0.717, 1.165) is 12.5 Å². The number of hydrogen-bond donors (Lipinski definition) is 0. The average molecular weight is 439 g/mol. The Labute approximate surface area is 200 Å². The highest BCUT2D eigenvalue weighted by atomic mass is 16.5. The van der Waals surface area contributed by atoms with Crippen LogP contribution in [-0.2, 0) is 11.3 Å². The first-order chi connectivity index (χ1) is 16.3. The molecule has 1 saturated carbocycles. The van der Waals surface area contributed by atoms with Gasteiger partial charge in [0.15, 0.2) is 0 Å². The molecule has 0 aliphatic heterocycles. The first-order valence-corrected chi connectivity index (χ1v) is 12.8. The van der Waals surface area contributed by atoms with Crippen LogP contribution in [0.3, 0.4) is 0 Å². The molecule has 3 aromatic rings. The summed E-state index contributed by atoms with van der Waals surface area (Å²) >= 11 is 0. The van der Waals surface area contributed by atoms with E-state index in [1.165, 1.54) is 71.9 Å². The fraction of sp³-hybridized carbons (Fsp3) is 0.375. The number of rotatable bonds is 9. The lowest BCUT2D eigenvalue weighted by Crippen LogP contribution is -2.14. The Morgan fingerprint density at radius 2 is 1.52 bits per heavy atom. The van der Waals surface area contributed by atoms with E-state index < -0.39 is 0 Å². The van der Waals surface area contributed by atoms with Gasteiger partial charge >= 0.3 is 0 Å². The second kappa shape index (κ2) is 12.0. The normalized spacial score (nSPS) is 18.6. The van der Waals surface area contributed by atoms with Gasteiger partial charge in [0.1, 0.15) is 0 Å². The van der Waals surface area contributed by atoms with Crippen LogP contribution < -0.4 is 0 Å². The van der Waals surface area contributed by atoms with Gasteiger partial charge in [0.2, 0.25) is 0 Å². The molecule has 1 heteroatoms. The molecule has 3 aromatic carbocycles. The lowest BCUT2D eigenvalue weighted by atomic mass is 9.75. The third-order valence-electron chi connectivity index (χ3n) is 7.16. The van der Waals surface area contributed by atoms with E-state index in [-0.39, 0.29) is 0 Å². The van der Waals surface area contributed by atoms with Gasteiger partial charge in [0, 0.05) is 6.61 Å². The van der Waals surface area contributed by atoms with Crippen molar-refractivity contribution in [2.24, 2.45) is 5.92 Å². The maximum Gasteiger partial charge on any atom is 0.0716 e. The third kappa shape index (κ3) is 6.24. The summed E-state index contributed by atoms with van der Waals surface area (Å²) in [5, 5.41) is 0. The highest BCUT2D eigenvalue weighted by molar-refractivity contribution is 5.73. The lowest BCUT2D eigenvalue weighted by molar-refractivity contribution is 0.134. The number of ether oxygens (including phenoxy) is 1. The van der Waals surface area contributed by atoms with Gasteiger partial charge < -0.3 is 4.74 Å². The standard InChI is InChI=1S/C32H38O/c1-3-5-7-10-25-13-16-30(17-14-25)32-23-26(24-33-4-2)15-22-31(32)29-20-18-28(19-21-29)27-11-8-6-9-12-27/h3,5-6,8-9,11-12,15,18-23,25,30H,4,7,10,13-14,16-17,24H2,1-2H3/b5-3+.